The Morgan fingerprint density at radius 2 is 2.24 bits per heavy atom. The zero-order valence-electron chi connectivity index (χ0n) is 10.1. The minimum absolute atomic E-state index is 0.0353. The van der Waals surface area contributed by atoms with Gasteiger partial charge >= 0.3 is 0 Å². The van der Waals surface area contributed by atoms with Crippen LogP contribution in [0.2, 0.25) is 0 Å². The average molecular weight is 256 g/mol. The normalized spacial score (nSPS) is 18.0. The molecule has 0 radical (unpaired) electrons. The van der Waals surface area contributed by atoms with Crippen molar-refractivity contribution in [3.63, 3.8) is 0 Å². The van der Waals surface area contributed by atoms with Crippen molar-refractivity contribution in [3.8, 4) is 5.88 Å². The van der Waals surface area contributed by atoms with Gasteiger partial charge in [-0.15, -0.1) is 11.6 Å². The molecule has 1 aromatic heterocycles. The van der Waals surface area contributed by atoms with Crippen LogP contribution >= 0.6 is 11.6 Å². The topological polar surface area (TPSA) is 47.0 Å². The fourth-order valence-corrected chi connectivity index (χ4v) is 2.55. The van der Waals surface area contributed by atoms with Gasteiger partial charge in [-0.25, -0.2) is 4.98 Å². The molecule has 1 aliphatic rings. The third kappa shape index (κ3) is 3.00. The lowest BCUT2D eigenvalue weighted by molar-refractivity contribution is 0.326. The molecule has 17 heavy (non-hydrogen) atoms. The first-order chi connectivity index (χ1) is 8.28. The highest BCUT2D eigenvalue weighted by molar-refractivity contribution is 6.18. The van der Waals surface area contributed by atoms with E-state index in [0.29, 0.717) is 24.3 Å². The van der Waals surface area contributed by atoms with Crippen molar-refractivity contribution in [2.45, 2.75) is 38.1 Å². The predicted octanol–water partition coefficient (Wildman–Crippen LogP) is 2.84. The Bertz CT molecular complexity index is 367. The van der Waals surface area contributed by atoms with Crippen molar-refractivity contribution < 1.29 is 4.74 Å². The largest absolute Gasteiger partial charge is 0.478 e. The van der Waals surface area contributed by atoms with E-state index in [1.807, 2.05) is 6.92 Å². The number of ether oxygens (including phenoxy) is 1. The molecule has 1 saturated carbocycles. The lowest BCUT2D eigenvalue weighted by Gasteiger charge is -2.27. The van der Waals surface area contributed by atoms with Gasteiger partial charge in [-0.05, 0) is 19.8 Å². The summed E-state index contributed by atoms with van der Waals surface area (Å²) in [5, 5.41) is 3.37. The highest BCUT2D eigenvalue weighted by Gasteiger charge is 2.33. The summed E-state index contributed by atoms with van der Waals surface area (Å²) in [4.78, 5) is 8.53. The fourth-order valence-electron chi connectivity index (χ4n) is 2.21. The molecule has 1 aliphatic carbocycles. The molecule has 0 spiro atoms. The van der Waals surface area contributed by atoms with Crippen molar-refractivity contribution in [2.24, 2.45) is 0 Å². The molecule has 5 heteroatoms. The van der Waals surface area contributed by atoms with Gasteiger partial charge < -0.3 is 10.1 Å². The van der Waals surface area contributed by atoms with Crippen molar-refractivity contribution in [2.75, 3.05) is 17.8 Å². The number of alkyl halides is 1. The van der Waals surface area contributed by atoms with E-state index in [4.69, 9.17) is 16.3 Å². The van der Waals surface area contributed by atoms with E-state index in [-0.39, 0.29) is 5.54 Å². The molecule has 0 amide bonds. The number of hydrogen-bond donors (Lipinski definition) is 1. The Morgan fingerprint density at radius 1 is 1.47 bits per heavy atom. The number of hydrogen-bond acceptors (Lipinski definition) is 4. The summed E-state index contributed by atoms with van der Waals surface area (Å²) in [6, 6.07) is 1.76. The number of halogens is 1. The molecule has 1 fully saturated rings. The molecule has 0 atom stereocenters. The van der Waals surface area contributed by atoms with Gasteiger partial charge in [-0.3, -0.25) is 0 Å². The van der Waals surface area contributed by atoms with Crippen LogP contribution in [-0.2, 0) is 0 Å². The first kappa shape index (κ1) is 12.4. The maximum Gasteiger partial charge on any atom is 0.226 e. The SMILES string of the molecule is CCOc1ccnc(NC2(CCl)CCCC2)n1. The molecule has 2 rings (SSSR count). The summed E-state index contributed by atoms with van der Waals surface area (Å²) in [6.07, 6.45) is 6.30. The van der Waals surface area contributed by atoms with Gasteiger partial charge in [-0.2, -0.15) is 4.98 Å². The summed E-state index contributed by atoms with van der Waals surface area (Å²) in [6.45, 7) is 2.55. The first-order valence-electron chi connectivity index (χ1n) is 6.08. The van der Waals surface area contributed by atoms with E-state index < -0.39 is 0 Å². The van der Waals surface area contributed by atoms with E-state index in [9.17, 15) is 0 Å². The average Bonchev–Trinajstić information content (AvgIpc) is 2.79. The quantitative estimate of drug-likeness (QED) is 0.822. The maximum absolute atomic E-state index is 6.07. The van der Waals surface area contributed by atoms with Crippen molar-refractivity contribution in [3.05, 3.63) is 12.3 Å². The van der Waals surface area contributed by atoms with E-state index in [1.54, 1.807) is 12.3 Å². The smallest absolute Gasteiger partial charge is 0.226 e. The van der Waals surface area contributed by atoms with Crippen LogP contribution in [0.3, 0.4) is 0 Å². The standard InChI is InChI=1S/C12H18ClN3O/c1-2-17-10-5-8-14-11(15-10)16-12(9-13)6-3-4-7-12/h5,8H,2-4,6-7,9H2,1H3,(H,14,15,16). The molecule has 94 valence electrons. The molecular weight excluding hydrogens is 238 g/mol. The molecule has 1 N–H and O–H groups in total. The number of rotatable bonds is 5. The number of nitrogens with one attached hydrogen (secondary N) is 1. The van der Waals surface area contributed by atoms with Gasteiger partial charge in [0, 0.05) is 18.1 Å². The zero-order chi connectivity index (χ0) is 12.1. The van der Waals surface area contributed by atoms with Crippen LogP contribution in [0.1, 0.15) is 32.6 Å². The molecule has 0 bridgehead atoms. The third-order valence-corrected chi connectivity index (χ3v) is 3.63. The van der Waals surface area contributed by atoms with E-state index in [0.717, 1.165) is 12.8 Å². The summed E-state index contributed by atoms with van der Waals surface area (Å²) in [7, 11) is 0. The Balaban J connectivity index is 2.09. The summed E-state index contributed by atoms with van der Waals surface area (Å²) < 4.78 is 5.35. The lowest BCUT2D eigenvalue weighted by Crippen LogP contribution is -2.37. The lowest BCUT2D eigenvalue weighted by atomic mass is 10.0. The second kappa shape index (κ2) is 5.54. The van der Waals surface area contributed by atoms with E-state index >= 15 is 0 Å². The Morgan fingerprint density at radius 3 is 2.88 bits per heavy atom. The minimum atomic E-state index is -0.0353. The molecule has 4 nitrogen and oxygen atoms in total. The first-order valence-corrected chi connectivity index (χ1v) is 6.61. The van der Waals surface area contributed by atoms with Crippen LogP contribution in [0, 0.1) is 0 Å². The summed E-state index contributed by atoms with van der Waals surface area (Å²) in [5.41, 5.74) is -0.0353. The molecule has 0 unspecified atom stereocenters. The molecule has 0 aliphatic heterocycles. The van der Waals surface area contributed by atoms with Gasteiger partial charge in [-0.1, -0.05) is 12.8 Å². The van der Waals surface area contributed by atoms with Crippen LogP contribution in [0.15, 0.2) is 12.3 Å². The molecular formula is C12H18ClN3O. The van der Waals surface area contributed by atoms with Crippen molar-refractivity contribution >= 4 is 17.5 Å². The molecule has 1 heterocycles. The number of nitrogens with zero attached hydrogens (tertiary/aromatic N) is 2. The van der Waals surface area contributed by atoms with Gasteiger partial charge in [0.15, 0.2) is 0 Å². The molecule has 0 saturated heterocycles. The highest BCUT2D eigenvalue weighted by atomic mass is 35.5. The summed E-state index contributed by atoms with van der Waals surface area (Å²) >= 11 is 6.07. The Hall–Kier alpha value is -1.03. The van der Waals surface area contributed by atoms with Crippen molar-refractivity contribution in [1.82, 2.24) is 9.97 Å². The van der Waals surface area contributed by atoms with Crippen molar-refractivity contribution in [1.29, 1.82) is 0 Å². The monoisotopic (exact) mass is 255 g/mol. The second-order valence-electron chi connectivity index (χ2n) is 4.40. The van der Waals surface area contributed by atoms with Gasteiger partial charge in [0.05, 0.1) is 12.1 Å². The zero-order valence-corrected chi connectivity index (χ0v) is 10.8. The van der Waals surface area contributed by atoms with Gasteiger partial charge in [0.1, 0.15) is 0 Å². The fraction of sp³-hybridized carbons (Fsp3) is 0.667. The van der Waals surface area contributed by atoms with Gasteiger partial charge in [0.25, 0.3) is 0 Å². The van der Waals surface area contributed by atoms with Crippen LogP contribution in [-0.4, -0.2) is 28.0 Å². The van der Waals surface area contributed by atoms with Crippen LogP contribution in [0.4, 0.5) is 5.95 Å². The second-order valence-corrected chi connectivity index (χ2v) is 4.66. The van der Waals surface area contributed by atoms with E-state index in [1.165, 1.54) is 12.8 Å². The highest BCUT2D eigenvalue weighted by Crippen LogP contribution is 2.33. The van der Waals surface area contributed by atoms with Crippen LogP contribution < -0.4 is 10.1 Å². The number of aromatic nitrogens is 2. The van der Waals surface area contributed by atoms with E-state index in [2.05, 4.69) is 15.3 Å². The predicted molar refractivity (Wildman–Crippen MR) is 68.7 cm³/mol. The van der Waals surface area contributed by atoms with Gasteiger partial charge in [0.2, 0.25) is 11.8 Å². The Kier molecular flexibility index (Phi) is 4.05. The molecule has 0 aromatic carbocycles. The maximum atomic E-state index is 6.07. The Labute approximate surface area is 107 Å². The van der Waals surface area contributed by atoms with Crippen LogP contribution in [0.25, 0.3) is 0 Å². The molecule has 1 aromatic rings. The summed E-state index contributed by atoms with van der Waals surface area (Å²) in [5.74, 6) is 1.81. The van der Waals surface area contributed by atoms with Crippen LogP contribution in [0.5, 0.6) is 5.88 Å². The number of anilines is 1. The third-order valence-electron chi connectivity index (χ3n) is 3.12. The minimum Gasteiger partial charge on any atom is -0.478 e.